The summed E-state index contributed by atoms with van der Waals surface area (Å²) in [6, 6.07) is 5.41. The van der Waals surface area contributed by atoms with Gasteiger partial charge in [0, 0.05) is 62.8 Å². The van der Waals surface area contributed by atoms with Crippen molar-refractivity contribution >= 4 is 28.4 Å². The molecule has 7 nitrogen and oxygen atoms in total. The van der Waals surface area contributed by atoms with Gasteiger partial charge in [0.05, 0.1) is 11.9 Å². The van der Waals surface area contributed by atoms with E-state index >= 15 is 0 Å². The number of anilines is 1. The Balaban J connectivity index is 1.86. The lowest BCUT2D eigenvalue weighted by molar-refractivity contribution is 0.100. The van der Waals surface area contributed by atoms with E-state index in [1.165, 1.54) is 0 Å². The SMILES string of the molecule is CN(C)C(=O)N1CCN(c2cncc3ccc(C(N)=O)cc23)CC1. The van der Waals surface area contributed by atoms with Crippen LogP contribution in [0.2, 0.25) is 0 Å². The fourth-order valence-electron chi connectivity index (χ4n) is 2.98. The Hall–Kier alpha value is -2.83. The molecule has 1 aromatic heterocycles. The van der Waals surface area contributed by atoms with Crippen LogP contribution in [0.3, 0.4) is 0 Å². The predicted molar refractivity (Wildman–Crippen MR) is 93.1 cm³/mol. The molecule has 126 valence electrons. The summed E-state index contributed by atoms with van der Waals surface area (Å²) in [6.45, 7) is 2.76. The fraction of sp³-hybridized carbons (Fsp3) is 0.353. The highest BCUT2D eigenvalue weighted by atomic mass is 16.2. The lowest BCUT2D eigenvalue weighted by Gasteiger charge is -2.37. The summed E-state index contributed by atoms with van der Waals surface area (Å²) in [5.41, 5.74) is 6.84. The van der Waals surface area contributed by atoms with Gasteiger partial charge < -0.3 is 20.4 Å². The van der Waals surface area contributed by atoms with Crippen LogP contribution in [0, 0.1) is 0 Å². The molecule has 0 aliphatic carbocycles. The lowest BCUT2D eigenvalue weighted by atomic mass is 10.1. The molecule has 3 rings (SSSR count). The van der Waals surface area contributed by atoms with Crippen molar-refractivity contribution in [1.82, 2.24) is 14.8 Å². The molecule has 0 bridgehead atoms. The van der Waals surface area contributed by atoms with Crippen LogP contribution in [-0.4, -0.2) is 67.0 Å². The van der Waals surface area contributed by atoms with Gasteiger partial charge in [0.1, 0.15) is 0 Å². The molecule has 0 spiro atoms. The van der Waals surface area contributed by atoms with Crippen LogP contribution >= 0.6 is 0 Å². The second kappa shape index (κ2) is 6.35. The first-order chi connectivity index (χ1) is 11.5. The van der Waals surface area contributed by atoms with Crippen LogP contribution in [0.25, 0.3) is 10.8 Å². The van der Waals surface area contributed by atoms with Crippen LogP contribution in [0.4, 0.5) is 10.5 Å². The van der Waals surface area contributed by atoms with Crippen molar-refractivity contribution in [2.24, 2.45) is 5.73 Å². The Kier molecular flexibility index (Phi) is 4.24. The first kappa shape index (κ1) is 16.0. The molecule has 1 fully saturated rings. The number of primary amides is 1. The molecular weight excluding hydrogens is 306 g/mol. The maximum Gasteiger partial charge on any atom is 0.319 e. The highest BCUT2D eigenvalue weighted by molar-refractivity contribution is 6.01. The van der Waals surface area contributed by atoms with Crippen molar-refractivity contribution in [3.63, 3.8) is 0 Å². The number of carbonyl (C=O) groups is 2. The van der Waals surface area contributed by atoms with E-state index in [1.54, 1.807) is 37.5 Å². The van der Waals surface area contributed by atoms with Crippen LogP contribution in [0.1, 0.15) is 10.4 Å². The van der Waals surface area contributed by atoms with Gasteiger partial charge >= 0.3 is 6.03 Å². The molecule has 7 heteroatoms. The minimum absolute atomic E-state index is 0.0294. The largest absolute Gasteiger partial charge is 0.366 e. The molecule has 0 saturated carbocycles. The number of urea groups is 1. The van der Waals surface area contributed by atoms with E-state index in [1.807, 2.05) is 17.0 Å². The van der Waals surface area contributed by atoms with Crippen LogP contribution < -0.4 is 10.6 Å². The zero-order chi connectivity index (χ0) is 17.3. The maximum atomic E-state index is 12.0. The number of hydrogen-bond acceptors (Lipinski definition) is 4. The predicted octanol–water partition coefficient (Wildman–Crippen LogP) is 1.14. The average molecular weight is 327 g/mol. The summed E-state index contributed by atoms with van der Waals surface area (Å²) in [7, 11) is 3.52. The van der Waals surface area contributed by atoms with Crippen molar-refractivity contribution in [3.8, 4) is 0 Å². The van der Waals surface area contributed by atoms with Gasteiger partial charge in [0.25, 0.3) is 0 Å². The number of nitrogens with zero attached hydrogens (tertiary/aromatic N) is 4. The number of fused-ring (bicyclic) bond motifs is 1. The molecule has 1 aromatic carbocycles. The first-order valence-corrected chi connectivity index (χ1v) is 7.86. The Bertz CT molecular complexity index is 782. The van der Waals surface area contributed by atoms with Gasteiger partial charge in [-0.1, -0.05) is 6.07 Å². The topological polar surface area (TPSA) is 82.8 Å². The number of rotatable bonds is 2. The molecule has 2 heterocycles. The summed E-state index contributed by atoms with van der Waals surface area (Å²) >= 11 is 0. The monoisotopic (exact) mass is 327 g/mol. The Labute approximate surface area is 140 Å². The normalized spacial score (nSPS) is 14.8. The molecule has 1 aliphatic heterocycles. The minimum Gasteiger partial charge on any atom is -0.366 e. The van der Waals surface area contributed by atoms with Gasteiger partial charge in [0.15, 0.2) is 0 Å². The molecule has 0 atom stereocenters. The van der Waals surface area contributed by atoms with Crippen LogP contribution in [0.5, 0.6) is 0 Å². The first-order valence-electron chi connectivity index (χ1n) is 7.86. The third-order valence-electron chi connectivity index (χ3n) is 4.30. The second-order valence-electron chi connectivity index (χ2n) is 6.11. The summed E-state index contributed by atoms with van der Waals surface area (Å²) in [4.78, 5) is 33.4. The summed E-state index contributed by atoms with van der Waals surface area (Å²) in [5, 5.41) is 1.91. The number of nitrogens with two attached hydrogens (primary N) is 1. The molecule has 0 unspecified atom stereocenters. The van der Waals surface area contributed by atoms with Gasteiger partial charge in [0.2, 0.25) is 5.91 Å². The molecular formula is C17H21N5O2. The van der Waals surface area contributed by atoms with Gasteiger partial charge in [-0.25, -0.2) is 4.79 Å². The third kappa shape index (κ3) is 2.97. The van der Waals surface area contributed by atoms with Crippen molar-refractivity contribution in [2.45, 2.75) is 0 Å². The Morgan fingerprint density at radius 3 is 2.46 bits per heavy atom. The lowest BCUT2D eigenvalue weighted by Crippen LogP contribution is -2.51. The van der Waals surface area contributed by atoms with Crippen molar-refractivity contribution in [2.75, 3.05) is 45.2 Å². The number of hydrogen-bond donors (Lipinski definition) is 1. The number of piperazine rings is 1. The van der Waals surface area contributed by atoms with E-state index < -0.39 is 5.91 Å². The molecule has 0 radical (unpaired) electrons. The van der Waals surface area contributed by atoms with E-state index in [0.717, 1.165) is 29.5 Å². The van der Waals surface area contributed by atoms with Crippen LogP contribution in [-0.2, 0) is 0 Å². The molecule has 2 N–H and O–H groups in total. The van der Waals surface area contributed by atoms with Crippen molar-refractivity contribution < 1.29 is 9.59 Å². The van der Waals surface area contributed by atoms with E-state index in [9.17, 15) is 9.59 Å². The molecule has 24 heavy (non-hydrogen) atoms. The molecule has 3 amide bonds. The third-order valence-corrected chi connectivity index (χ3v) is 4.30. The fourth-order valence-corrected chi connectivity index (χ4v) is 2.98. The Morgan fingerprint density at radius 2 is 1.83 bits per heavy atom. The average Bonchev–Trinajstić information content (AvgIpc) is 2.60. The van der Waals surface area contributed by atoms with Gasteiger partial charge in [-0.2, -0.15) is 0 Å². The number of benzene rings is 1. The van der Waals surface area contributed by atoms with Crippen LogP contribution in [0.15, 0.2) is 30.6 Å². The van der Waals surface area contributed by atoms with E-state index in [0.29, 0.717) is 18.7 Å². The quantitative estimate of drug-likeness (QED) is 0.896. The number of amides is 3. The standard InChI is InChI=1S/C17H21N5O2/c1-20(2)17(24)22-7-5-21(6-8-22)15-11-19-10-13-4-3-12(16(18)23)9-14(13)15/h3-4,9-11H,5-8H2,1-2H3,(H2,18,23). The zero-order valence-corrected chi connectivity index (χ0v) is 13.9. The number of carbonyl (C=O) groups excluding carboxylic acids is 2. The van der Waals surface area contributed by atoms with Gasteiger partial charge in [-0.05, 0) is 12.1 Å². The molecule has 1 aliphatic rings. The summed E-state index contributed by atoms with van der Waals surface area (Å²) < 4.78 is 0. The van der Waals surface area contributed by atoms with Gasteiger partial charge in [-0.15, -0.1) is 0 Å². The zero-order valence-electron chi connectivity index (χ0n) is 13.9. The summed E-state index contributed by atoms with van der Waals surface area (Å²) in [6.07, 6.45) is 3.58. The van der Waals surface area contributed by atoms with Crippen molar-refractivity contribution in [1.29, 1.82) is 0 Å². The minimum atomic E-state index is -0.443. The number of pyridine rings is 1. The maximum absolute atomic E-state index is 12.0. The Morgan fingerprint density at radius 1 is 1.12 bits per heavy atom. The van der Waals surface area contributed by atoms with Gasteiger partial charge in [-0.3, -0.25) is 9.78 Å². The van der Waals surface area contributed by atoms with E-state index in [-0.39, 0.29) is 6.03 Å². The second-order valence-corrected chi connectivity index (χ2v) is 6.11. The van der Waals surface area contributed by atoms with E-state index in [4.69, 9.17) is 5.73 Å². The highest BCUT2D eigenvalue weighted by Gasteiger charge is 2.23. The number of aromatic nitrogens is 1. The molecule has 1 saturated heterocycles. The summed E-state index contributed by atoms with van der Waals surface area (Å²) in [5.74, 6) is -0.443. The highest BCUT2D eigenvalue weighted by Crippen LogP contribution is 2.27. The smallest absolute Gasteiger partial charge is 0.319 e. The van der Waals surface area contributed by atoms with E-state index in [2.05, 4.69) is 9.88 Å². The molecule has 2 aromatic rings. The van der Waals surface area contributed by atoms with Crippen molar-refractivity contribution in [3.05, 3.63) is 36.2 Å².